The fourth-order valence-corrected chi connectivity index (χ4v) is 3.69. The number of hydrogen-bond donors (Lipinski definition) is 1. The van der Waals surface area contributed by atoms with E-state index in [0.717, 1.165) is 55.5 Å². The maximum Gasteiger partial charge on any atom is 0.219 e. The number of amides is 1. The van der Waals surface area contributed by atoms with E-state index in [0.29, 0.717) is 30.3 Å². The number of para-hydroxylation sites is 3. The average Bonchev–Trinajstić information content (AvgIpc) is 3.10. The number of nitrogens with zero attached hydrogens (tertiary/aromatic N) is 2. The first-order valence-electron chi connectivity index (χ1n) is 10.8. The Bertz CT molecular complexity index is 955. The fraction of sp³-hybridized carbons (Fsp3) is 0.417. The second kappa shape index (κ2) is 11.6. The number of carbonyl (C=O) groups excluding carboxylic acids is 1. The molecule has 0 aliphatic rings. The third-order valence-electron chi connectivity index (χ3n) is 5.02. The lowest BCUT2D eigenvalue weighted by Crippen LogP contribution is -2.23. The number of aryl methyl sites for hydroxylation is 1. The number of unbranched alkanes of at least 4 members (excludes halogenated alkanes) is 2. The second-order valence-electron chi connectivity index (χ2n) is 7.36. The minimum atomic E-state index is 0.151. The highest BCUT2D eigenvalue weighted by Gasteiger charge is 2.11. The van der Waals surface area contributed by atoms with E-state index in [2.05, 4.69) is 16.0 Å². The van der Waals surface area contributed by atoms with Crippen LogP contribution in [-0.2, 0) is 17.8 Å². The van der Waals surface area contributed by atoms with Crippen molar-refractivity contribution in [1.82, 2.24) is 14.9 Å². The molecule has 1 amide bonds. The van der Waals surface area contributed by atoms with Crippen LogP contribution in [-0.4, -0.2) is 28.6 Å². The van der Waals surface area contributed by atoms with E-state index in [-0.39, 0.29) is 5.91 Å². The van der Waals surface area contributed by atoms with Crippen molar-refractivity contribution in [2.24, 2.45) is 0 Å². The maximum absolute atomic E-state index is 11.5. The Morgan fingerprint density at radius 2 is 1.90 bits per heavy atom. The van der Waals surface area contributed by atoms with Crippen molar-refractivity contribution in [3.05, 3.63) is 59.4 Å². The molecule has 0 saturated heterocycles. The summed E-state index contributed by atoms with van der Waals surface area (Å²) in [5.41, 5.74) is 2.14. The molecule has 1 aromatic heterocycles. The summed E-state index contributed by atoms with van der Waals surface area (Å²) < 4.78 is 8.14. The predicted molar refractivity (Wildman–Crippen MR) is 122 cm³/mol. The van der Waals surface area contributed by atoms with E-state index >= 15 is 0 Å². The number of ether oxygens (including phenoxy) is 1. The SMILES string of the molecule is CCCC(=O)NCCCCCc1nc2ccccc2n1CCOc1ccccc1Cl. The standard InChI is InChI=1S/C24H30ClN3O2/c1-2-10-24(29)26-16-9-3-4-15-23-27-20-12-6-7-13-21(20)28(23)17-18-30-22-14-8-5-11-19(22)25/h5-8,11-14H,2-4,9-10,15-18H2,1H3,(H,26,29). The summed E-state index contributed by atoms with van der Waals surface area (Å²) >= 11 is 6.19. The van der Waals surface area contributed by atoms with Crippen LogP contribution in [0.4, 0.5) is 0 Å². The minimum Gasteiger partial charge on any atom is -0.490 e. The zero-order valence-electron chi connectivity index (χ0n) is 17.6. The molecule has 0 saturated carbocycles. The van der Waals surface area contributed by atoms with E-state index in [9.17, 15) is 4.79 Å². The number of halogens is 1. The second-order valence-corrected chi connectivity index (χ2v) is 7.77. The number of benzene rings is 2. The Balaban J connectivity index is 1.54. The van der Waals surface area contributed by atoms with Gasteiger partial charge in [0.2, 0.25) is 5.91 Å². The van der Waals surface area contributed by atoms with Gasteiger partial charge in [0.15, 0.2) is 0 Å². The van der Waals surface area contributed by atoms with Gasteiger partial charge in [-0.3, -0.25) is 4.79 Å². The number of carbonyl (C=O) groups is 1. The fourth-order valence-electron chi connectivity index (χ4n) is 3.50. The van der Waals surface area contributed by atoms with Crippen LogP contribution in [0.25, 0.3) is 11.0 Å². The number of fused-ring (bicyclic) bond motifs is 1. The molecular formula is C24H30ClN3O2. The summed E-state index contributed by atoms with van der Waals surface area (Å²) in [6, 6.07) is 15.7. The van der Waals surface area contributed by atoms with Crippen molar-refractivity contribution in [2.75, 3.05) is 13.2 Å². The molecule has 0 radical (unpaired) electrons. The highest BCUT2D eigenvalue weighted by Crippen LogP contribution is 2.23. The maximum atomic E-state index is 11.5. The van der Waals surface area contributed by atoms with Gasteiger partial charge in [0, 0.05) is 19.4 Å². The van der Waals surface area contributed by atoms with Gasteiger partial charge in [-0.2, -0.15) is 0 Å². The van der Waals surface area contributed by atoms with Gasteiger partial charge in [0.05, 0.1) is 22.6 Å². The first-order chi connectivity index (χ1) is 14.7. The molecule has 3 rings (SSSR count). The van der Waals surface area contributed by atoms with Crippen LogP contribution in [0.1, 0.15) is 44.9 Å². The molecule has 0 aliphatic carbocycles. The summed E-state index contributed by atoms with van der Waals surface area (Å²) in [5.74, 6) is 1.93. The predicted octanol–water partition coefficient (Wildman–Crippen LogP) is 5.40. The number of imidazole rings is 1. The van der Waals surface area contributed by atoms with Crippen LogP contribution < -0.4 is 10.1 Å². The minimum absolute atomic E-state index is 0.151. The lowest BCUT2D eigenvalue weighted by molar-refractivity contribution is -0.121. The van der Waals surface area contributed by atoms with Gasteiger partial charge >= 0.3 is 0 Å². The van der Waals surface area contributed by atoms with E-state index in [1.807, 2.05) is 49.4 Å². The summed E-state index contributed by atoms with van der Waals surface area (Å²) in [6.45, 7) is 4.01. The van der Waals surface area contributed by atoms with E-state index < -0.39 is 0 Å². The van der Waals surface area contributed by atoms with Crippen molar-refractivity contribution in [1.29, 1.82) is 0 Å². The molecule has 0 fully saturated rings. The van der Waals surface area contributed by atoms with Crippen LogP contribution in [0.3, 0.4) is 0 Å². The Morgan fingerprint density at radius 3 is 2.73 bits per heavy atom. The van der Waals surface area contributed by atoms with Crippen molar-refractivity contribution >= 4 is 28.5 Å². The number of hydrogen-bond acceptors (Lipinski definition) is 3. The van der Waals surface area contributed by atoms with E-state index in [1.165, 1.54) is 0 Å². The summed E-state index contributed by atoms with van der Waals surface area (Å²) in [5, 5.41) is 3.60. The molecule has 30 heavy (non-hydrogen) atoms. The molecule has 2 aromatic carbocycles. The third kappa shape index (κ3) is 6.23. The zero-order valence-corrected chi connectivity index (χ0v) is 18.3. The molecule has 0 bridgehead atoms. The molecule has 0 atom stereocenters. The van der Waals surface area contributed by atoms with Crippen molar-refractivity contribution in [2.45, 2.75) is 52.0 Å². The molecular weight excluding hydrogens is 398 g/mol. The lowest BCUT2D eigenvalue weighted by Gasteiger charge is -2.12. The highest BCUT2D eigenvalue weighted by molar-refractivity contribution is 6.32. The molecule has 0 spiro atoms. The Kier molecular flexibility index (Phi) is 8.57. The van der Waals surface area contributed by atoms with Gasteiger partial charge in [0.25, 0.3) is 0 Å². The topological polar surface area (TPSA) is 56.2 Å². The normalized spacial score (nSPS) is 11.0. The van der Waals surface area contributed by atoms with Crippen LogP contribution in [0.15, 0.2) is 48.5 Å². The number of aromatic nitrogens is 2. The van der Waals surface area contributed by atoms with Crippen LogP contribution in [0, 0.1) is 0 Å². The van der Waals surface area contributed by atoms with Gasteiger partial charge in [-0.15, -0.1) is 0 Å². The smallest absolute Gasteiger partial charge is 0.219 e. The number of rotatable bonds is 12. The molecule has 0 aliphatic heterocycles. The van der Waals surface area contributed by atoms with Gasteiger partial charge in [-0.25, -0.2) is 4.98 Å². The molecule has 6 heteroatoms. The van der Waals surface area contributed by atoms with Crippen LogP contribution >= 0.6 is 11.6 Å². The summed E-state index contributed by atoms with van der Waals surface area (Å²) in [7, 11) is 0. The summed E-state index contributed by atoms with van der Waals surface area (Å²) in [6.07, 6.45) is 5.50. The van der Waals surface area contributed by atoms with Gasteiger partial charge in [0.1, 0.15) is 18.2 Å². The van der Waals surface area contributed by atoms with Gasteiger partial charge in [-0.1, -0.05) is 49.2 Å². The summed E-state index contributed by atoms with van der Waals surface area (Å²) in [4.78, 5) is 16.4. The van der Waals surface area contributed by atoms with Gasteiger partial charge in [-0.05, 0) is 43.5 Å². The van der Waals surface area contributed by atoms with Crippen molar-refractivity contribution < 1.29 is 9.53 Å². The van der Waals surface area contributed by atoms with Gasteiger partial charge < -0.3 is 14.6 Å². The third-order valence-corrected chi connectivity index (χ3v) is 5.33. The highest BCUT2D eigenvalue weighted by atomic mass is 35.5. The largest absolute Gasteiger partial charge is 0.490 e. The number of nitrogens with one attached hydrogen (secondary N) is 1. The molecule has 160 valence electrons. The first-order valence-corrected chi connectivity index (χ1v) is 11.1. The van der Waals surface area contributed by atoms with Crippen LogP contribution in [0.5, 0.6) is 5.75 Å². The first kappa shape index (κ1) is 22.2. The van der Waals surface area contributed by atoms with Crippen molar-refractivity contribution in [3.8, 4) is 5.75 Å². The Labute approximate surface area is 183 Å². The zero-order chi connectivity index (χ0) is 21.2. The molecule has 0 unspecified atom stereocenters. The monoisotopic (exact) mass is 427 g/mol. The van der Waals surface area contributed by atoms with E-state index in [1.54, 1.807) is 0 Å². The molecule has 1 heterocycles. The lowest BCUT2D eigenvalue weighted by atomic mass is 10.2. The molecule has 1 N–H and O–H groups in total. The average molecular weight is 428 g/mol. The quantitative estimate of drug-likeness (QED) is 0.394. The van der Waals surface area contributed by atoms with Crippen molar-refractivity contribution in [3.63, 3.8) is 0 Å². The molecule has 5 nitrogen and oxygen atoms in total. The van der Waals surface area contributed by atoms with E-state index in [4.69, 9.17) is 21.3 Å². The molecule has 3 aromatic rings. The van der Waals surface area contributed by atoms with Crippen LogP contribution in [0.2, 0.25) is 5.02 Å². The Morgan fingerprint density at radius 1 is 1.10 bits per heavy atom. The Hall–Kier alpha value is -2.53.